The largest absolute Gasteiger partial charge is 0.415 e. The smallest absolute Gasteiger partial charge is 0.0622 e. The van der Waals surface area contributed by atoms with Crippen LogP contribution in [0.3, 0.4) is 0 Å². The first-order valence-corrected chi connectivity index (χ1v) is 12.6. The van der Waals surface area contributed by atoms with Crippen LogP contribution < -0.4 is 21.2 Å². The van der Waals surface area contributed by atoms with Crippen molar-refractivity contribution in [3.63, 3.8) is 0 Å². The number of hydrogen-bond donors (Lipinski definition) is 0. The molecule has 4 rings (SSSR count). The average Bonchev–Trinajstić information content (AvgIpc) is 2.81. The van der Waals surface area contributed by atoms with Gasteiger partial charge in [-0.05, 0) is 60.9 Å². The Morgan fingerprint density at radius 3 is 1.69 bits per heavy atom. The maximum Gasteiger partial charge on any atom is 0.415 e. The molecule has 29 heavy (non-hydrogen) atoms. The van der Waals surface area contributed by atoms with Crippen molar-refractivity contribution in [2.75, 3.05) is 6.16 Å². The summed E-state index contributed by atoms with van der Waals surface area (Å²) >= 11 is 0. The molecule has 0 saturated carbocycles. The van der Waals surface area contributed by atoms with Crippen LogP contribution in [-0.2, 0) is 11.0 Å². The van der Waals surface area contributed by atoms with Crippen LogP contribution in [0, 0.1) is 0 Å². The highest BCUT2D eigenvalue weighted by atomic mass is 31.1. The van der Waals surface area contributed by atoms with Crippen molar-refractivity contribution in [1.29, 1.82) is 0 Å². The normalized spacial score (nSPS) is 11.4. The molecular weight excluding hydrogens is 390 g/mol. The fourth-order valence-electron chi connectivity index (χ4n) is 3.41. The topological polar surface area (TPSA) is 17.1 Å². The molecule has 0 aliphatic carbocycles. The highest BCUT2D eigenvalue weighted by Gasteiger charge is 2.23. The van der Waals surface area contributed by atoms with E-state index < -0.39 is 15.7 Å². The van der Waals surface area contributed by atoms with Crippen LogP contribution >= 0.6 is 15.7 Å². The van der Waals surface area contributed by atoms with Gasteiger partial charge in [0.15, 0.2) is 10.6 Å². The summed E-state index contributed by atoms with van der Waals surface area (Å²) in [5, 5.41) is 4.60. The minimum atomic E-state index is -1.55. The van der Waals surface area contributed by atoms with E-state index in [-0.39, 0.29) is 0 Å². The molecule has 0 aliphatic rings. The molecule has 4 aromatic rings. The Morgan fingerprint density at radius 1 is 0.586 bits per heavy atom. The average molecular weight is 413 g/mol. The molecule has 0 aliphatic heterocycles. The second-order valence-electron chi connectivity index (χ2n) is 6.87. The third kappa shape index (κ3) is 5.07. The van der Waals surface area contributed by atoms with Crippen LogP contribution in [0.15, 0.2) is 115 Å². The second kappa shape index (κ2) is 9.75. The van der Waals surface area contributed by atoms with Gasteiger partial charge in [0.1, 0.15) is 0 Å². The lowest BCUT2D eigenvalue weighted by Gasteiger charge is -2.18. The summed E-state index contributed by atoms with van der Waals surface area (Å²) in [4.78, 5) is 0. The lowest BCUT2D eigenvalue weighted by molar-refractivity contribution is 0.598. The molecule has 0 radical (unpaired) electrons. The second-order valence-corrected chi connectivity index (χ2v) is 10.8. The molecule has 4 aromatic carbocycles. The number of rotatable bonds is 7. The summed E-state index contributed by atoms with van der Waals surface area (Å²) in [5.74, 6) is 0. The van der Waals surface area contributed by atoms with E-state index in [4.69, 9.17) is 0 Å². The first-order valence-electron chi connectivity index (χ1n) is 9.80. The SMILES string of the molecule is O=[P+](c1ccccc1)c1cccc(CCP(c2ccccc2)c2ccccc2)c1. The third-order valence-electron chi connectivity index (χ3n) is 4.90. The molecule has 0 saturated heterocycles. The van der Waals surface area contributed by atoms with E-state index in [1.807, 2.05) is 42.5 Å². The van der Waals surface area contributed by atoms with Gasteiger partial charge in [0.05, 0.1) is 0 Å². The monoisotopic (exact) mass is 413 g/mol. The number of hydrogen-bond acceptors (Lipinski definition) is 1. The first kappa shape index (κ1) is 19.7. The summed E-state index contributed by atoms with van der Waals surface area (Å²) in [5.41, 5.74) is 1.25. The number of aryl methyl sites for hydroxylation is 1. The Balaban J connectivity index is 1.55. The Hall–Kier alpha value is -2.59. The van der Waals surface area contributed by atoms with Gasteiger partial charge in [0.2, 0.25) is 0 Å². The van der Waals surface area contributed by atoms with Crippen LogP contribution in [0.4, 0.5) is 0 Å². The Morgan fingerprint density at radius 2 is 1.10 bits per heavy atom. The van der Waals surface area contributed by atoms with Crippen molar-refractivity contribution in [3.8, 4) is 0 Å². The predicted octanol–water partition coefficient (Wildman–Crippen LogP) is 5.14. The highest BCUT2D eigenvalue weighted by Crippen LogP contribution is 2.34. The van der Waals surface area contributed by atoms with E-state index >= 15 is 0 Å². The molecule has 0 bridgehead atoms. The zero-order chi connectivity index (χ0) is 19.9. The quantitative estimate of drug-likeness (QED) is 0.384. The van der Waals surface area contributed by atoms with E-state index in [2.05, 4.69) is 72.8 Å². The molecule has 142 valence electrons. The van der Waals surface area contributed by atoms with Crippen LogP contribution in [0.2, 0.25) is 0 Å². The van der Waals surface area contributed by atoms with Crippen LogP contribution in [-0.4, -0.2) is 6.16 Å². The summed E-state index contributed by atoms with van der Waals surface area (Å²) in [7, 11) is -1.96. The highest BCUT2D eigenvalue weighted by molar-refractivity contribution is 7.73. The van der Waals surface area contributed by atoms with E-state index in [1.54, 1.807) is 0 Å². The Kier molecular flexibility index (Phi) is 6.63. The molecule has 0 amide bonds. The van der Waals surface area contributed by atoms with Gasteiger partial charge in [0, 0.05) is 0 Å². The molecular formula is C26H23OP2+. The molecule has 0 aromatic heterocycles. The summed E-state index contributed by atoms with van der Waals surface area (Å²) in [6.45, 7) is 0. The summed E-state index contributed by atoms with van der Waals surface area (Å²) < 4.78 is 12.9. The zero-order valence-corrected chi connectivity index (χ0v) is 18.0. The number of benzene rings is 4. The van der Waals surface area contributed by atoms with Crippen LogP contribution in [0.5, 0.6) is 0 Å². The summed E-state index contributed by atoms with van der Waals surface area (Å²) in [6.07, 6.45) is 2.05. The van der Waals surface area contributed by atoms with Crippen molar-refractivity contribution < 1.29 is 4.57 Å². The minimum Gasteiger partial charge on any atom is -0.0622 e. The van der Waals surface area contributed by atoms with E-state index in [9.17, 15) is 4.57 Å². The van der Waals surface area contributed by atoms with Gasteiger partial charge in [-0.2, -0.15) is 0 Å². The van der Waals surface area contributed by atoms with Gasteiger partial charge in [-0.15, -0.1) is 0 Å². The third-order valence-corrected chi connectivity index (χ3v) is 8.92. The maximum absolute atomic E-state index is 12.9. The van der Waals surface area contributed by atoms with Crippen molar-refractivity contribution in [3.05, 3.63) is 121 Å². The molecule has 1 atom stereocenters. The first-order chi connectivity index (χ1) is 14.3. The fourth-order valence-corrected chi connectivity index (χ4v) is 7.02. The van der Waals surface area contributed by atoms with Crippen LogP contribution in [0.25, 0.3) is 0 Å². The van der Waals surface area contributed by atoms with E-state index in [1.165, 1.54) is 16.2 Å². The van der Waals surface area contributed by atoms with Crippen molar-refractivity contribution >= 4 is 36.9 Å². The zero-order valence-electron chi connectivity index (χ0n) is 16.2. The lowest BCUT2D eigenvalue weighted by atomic mass is 10.2. The molecule has 1 nitrogen and oxygen atoms in total. The molecule has 0 N–H and O–H groups in total. The van der Waals surface area contributed by atoms with Gasteiger partial charge >= 0.3 is 7.80 Å². The van der Waals surface area contributed by atoms with Gasteiger partial charge in [-0.3, -0.25) is 0 Å². The Labute approximate surface area is 175 Å². The van der Waals surface area contributed by atoms with Crippen LogP contribution in [0.1, 0.15) is 5.56 Å². The fraction of sp³-hybridized carbons (Fsp3) is 0.0769. The van der Waals surface area contributed by atoms with Crippen molar-refractivity contribution in [1.82, 2.24) is 0 Å². The van der Waals surface area contributed by atoms with Gasteiger partial charge in [-0.1, -0.05) is 95.6 Å². The molecule has 0 spiro atoms. The molecule has 3 heteroatoms. The van der Waals surface area contributed by atoms with Crippen molar-refractivity contribution in [2.45, 2.75) is 6.42 Å². The van der Waals surface area contributed by atoms with Gasteiger partial charge in [0.25, 0.3) is 0 Å². The van der Waals surface area contributed by atoms with E-state index in [0.717, 1.165) is 23.2 Å². The molecule has 0 fully saturated rings. The minimum absolute atomic E-state index is 0.416. The van der Waals surface area contributed by atoms with Crippen molar-refractivity contribution in [2.24, 2.45) is 0 Å². The lowest BCUT2D eigenvalue weighted by Crippen LogP contribution is -2.15. The van der Waals surface area contributed by atoms with Gasteiger partial charge < -0.3 is 0 Å². The maximum atomic E-state index is 12.9. The predicted molar refractivity (Wildman–Crippen MR) is 127 cm³/mol. The molecule has 1 unspecified atom stereocenters. The van der Waals surface area contributed by atoms with E-state index in [0.29, 0.717) is 0 Å². The standard InChI is InChI=1S/C26H23OP2/c27-29(25-16-8-3-9-17-25)26-18-10-11-22(21-26)19-20-28(23-12-4-1-5-13-23)24-14-6-2-7-15-24/h1-18,21H,19-20H2/q+1. The summed E-state index contributed by atoms with van der Waals surface area (Å²) in [6, 6.07) is 39.6. The van der Waals surface area contributed by atoms with Gasteiger partial charge in [-0.25, -0.2) is 0 Å². The Bertz CT molecular complexity index is 1020. The molecule has 0 heterocycles.